The summed E-state index contributed by atoms with van der Waals surface area (Å²) in [5.74, 6) is -0.438. The van der Waals surface area contributed by atoms with Crippen molar-refractivity contribution in [3.63, 3.8) is 0 Å². The molecule has 1 unspecified atom stereocenters. The van der Waals surface area contributed by atoms with Crippen molar-refractivity contribution >= 4 is 16.1 Å². The lowest BCUT2D eigenvalue weighted by atomic mass is 10.2. The number of benzene rings is 1. The van der Waals surface area contributed by atoms with Crippen LogP contribution in [0.25, 0.3) is 0 Å². The molecule has 0 aliphatic carbocycles. The molecule has 0 N–H and O–H groups in total. The molecule has 0 fully saturated rings. The summed E-state index contributed by atoms with van der Waals surface area (Å²) in [4.78, 5) is 11.1. The zero-order valence-corrected chi connectivity index (χ0v) is 13.5. The maximum Gasteiger partial charge on any atom is 0.302 e. The van der Waals surface area contributed by atoms with Gasteiger partial charge in [0.05, 0.1) is 4.90 Å². The van der Waals surface area contributed by atoms with Crippen LogP contribution in [0.5, 0.6) is 0 Å². The van der Waals surface area contributed by atoms with Crippen molar-refractivity contribution in [3.05, 3.63) is 29.8 Å². The minimum absolute atomic E-state index is 0.102. The highest BCUT2D eigenvalue weighted by molar-refractivity contribution is 7.86. The van der Waals surface area contributed by atoms with Gasteiger partial charge in [0.2, 0.25) is 0 Å². The average Bonchev–Trinajstić information content (AvgIpc) is 2.42. The fraction of sp³-hybridized carbons (Fsp3) is 0.533. The Bertz CT molecular complexity index is 548. The first-order valence-electron chi connectivity index (χ1n) is 6.98. The minimum Gasteiger partial charge on any atom is -0.460 e. The zero-order chi connectivity index (χ0) is 15.9. The van der Waals surface area contributed by atoms with Gasteiger partial charge in [-0.3, -0.25) is 8.98 Å². The van der Waals surface area contributed by atoms with Gasteiger partial charge in [0.1, 0.15) is 12.7 Å². The SMILES string of the molecule is CCCCC(COS(=O)(=O)c1ccc(C)cc1)OC(C)=O. The molecule has 0 aliphatic rings. The Morgan fingerprint density at radius 1 is 1.24 bits per heavy atom. The Hall–Kier alpha value is -1.40. The molecule has 0 saturated heterocycles. The first-order chi connectivity index (χ1) is 9.85. The van der Waals surface area contributed by atoms with Gasteiger partial charge in [-0.2, -0.15) is 8.42 Å². The number of unbranched alkanes of at least 4 members (excludes halogenated alkanes) is 1. The summed E-state index contributed by atoms with van der Waals surface area (Å²) in [6.45, 7) is 5.02. The summed E-state index contributed by atoms with van der Waals surface area (Å²) >= 11 is 0. The van der Waals surface area contributed by atoms with Crippen LogP contribution in [0.3, 0.4) is 0 Å². The molecule has 0 bridgehead atoms. The van der Waals surface area contributed by atoms with Crippen molar-refractivity contribution in [2.24, 2.45) is 0 Å². The monoisotopic (exact) mass is 314 g/mol. The maximum atomic E-state index is 12.0. The summed E-state index contributed by atoms with van der Waals surface area (Å²) in [5.41, 5.74) is 0.967. The molecule has 6 heteroatoms. The van der Waals surface area contributed by atoms with Crippen molar-refractivity contribution < 1.29 is 22.1 Å². The molecule has 0 aromatic heterocycles. The molecule has 1 atom stereocenters. The molecule has 0 spiro atoms. The van der Waals surface area contributed by atoms with Gasteiger partial charge < -0.3 is 4.74 Å². The largest absolute Gasteiger partial charge is 0.460 e. The van der Waals surface area contributed by atoms with Gasteiger partial charge in [0.15, 0.2) is 0 Å². The summed E-state index contributed by atoms with van der Waals surface area (Å²) < 4.78 is 34.2. The van der Waals surface area contributed by atoms with E-state index in [2.05, 4.69) is 0 Å². The van der Waals surface area contributed by atoms with Crippen molar-refractivity contribution in [3.8, 4) is 0 Å². The van der Waals surface area contributed by atoms with E-state index in [0.717, 1.165) is 18.4 Å². The van der Waals surface area contributed by atoms with Gasteiger partial charge in [-0.25, -0.2) is 0 Å². The third-order valence-electron chi connectivity index (χ3n) is 2.93. The maximum absolute atomic E-state index is 12.0. The highest BCUT2D eigenvalue weighted by atomic mass is 32.2. The predicted octanol–water partition coefficient (Wildman–Crippen LogP) is 2.82. The standard InChI is InChI=1S/C15H22O5S/c1-4-5-6-14(20-13(3)16)11-19-21(17,18)15-9-7-12(2)8-10-15/h7-10,14H,4-6,11H2,1-3H3. The van der Waals surface area contributed by atoms with Crippen LogP contribution >= 0.6 is 0 Å². The molecule has 118 valence electrons. The van der Waals surface area contributed by atoms with E-state index in [1.165, 1.54) is 19.1 Å². The van der Waals surface area contributed by atoms with Crippen LogP contribution in [0.2, 0.25) is 0 Å². The molecular formula is C15H22O5S. The average molecular weight is 314 g/mol. The van der Waals surface area contributed by atoms with Gasteiger partial charge in [0.25, 0.3) is 10.1 Å². The summed E-state index contributed by atoms with van der Waals surface area (Å²) in [6.07, 6.45) is 1.82. The number of aryl methyl sites for hydroxylation is 1. The Labute approximate surface area is 126 Å². The van der Waals surface area contributed by atoms with Crippen LogP contribution in [0.1, 0.15) is 38.7 Å². The molecule has 1 rings (SSSR count). The van der Waals surface area contributed by atoms with E-state index in [4.69, 9.17) is 8.92 Å². The highest BCUT2D eigenvalue weighted by Gasteiger charge is 2.19. The Morgan fingerprint density at radius 2 is 1.86 bits per heavy atom. The summed E-state index contributed by atoms with van der Waals surface area (Å²) in [7, 11) is -3.82. The first kappa shape index (κ1) is 17.7. The fourth-order valence-electron chi connectivity index (χ4n) is 1.78. The molecule has 0 saturated carbocycles. The minimum atomic E-state index is -3.82. The Kier molecular flexibility index (Phi) is 6.84. The number of carbonyl (C=O) groups is 1. The van der Waals surface area contributed by atoms with Crippen LogP contribution in [0, 0.1) is 6.92 Å². The van der Waals surface area contributed by atoms with Gasteiger partial charge in [-0.05, 0) is 31.9 Å². The van der Waals surface area contributed by atoms with E-state index >= 15 is 0 Å². The molecule has 1 aromatic carbocycles. The third kappa shape index (κ3) is 6.27. The van der Waals surface area contributed by atoms with Crippen molar-refractivity contribution in [2.75, 3.05) is 6.61 Å². The van der Waals surface area contributed by atoms with E-state index < -0.39 is 22.2 Å². The van der Waals surface area contributed by atoms with Crippen molar-refractivity contribution in [1.29, 1.82) is 0 Å². The fourth-order valence-corrected chi connectivity index (χ4v) is 2.72. The van der Waals surface area contributed by atoms with Crippen LogP contribution in [0.4, 0.5) is 0 Å². The molecule has 0 radical (unpaired) electrons. The van der Waals surface area contributed by atoms with E-state index in [9.17, 15) is 13.2 Å². The van der Waals surface area contributed by atoms with Crippen molar-refractivity contribution in [1.82, 2.24) is 0 Å². The number of hydrogen-bond donors (Lipinski definition) is 0. The van der Waals surface area contributed by atoms with E-state index in [1.807, 2.05) is 13.8 Å². The van der Waals surface area contributed by atoms with Crippen LogP contribution in [0.15, 0.2) is 29.2 Å². The second-order valence-electron chi connectivity index (χ2n) is 4.93. The van der Waals surface area contributed by atoms with E-state index in [1.54, 1.807) is 12.1 Å². The Morgan fingerprint density at radius 3 is 2.38 bits per heavy atom. The molecule has 21 heavy (non-hydrogen) atoms. The van der Waals surface area contributed by atoms with E-state index in [0.29, 0.717) is 6.42 Å². The lowest BCUT2D eigenvalue weighted by Gasteiger charge is -2.16. The molecule has 5 nitrogen and oxygen atoms in total. The quantitative estimate of drug-likeness (QED) is 0.545. The second-order valence-corrected chi connectivity index (χ2v) is 6.54. The smallest absolute Gasteiger partial charge is 0.302 e. The Balaban J connectivity index is 2.68. The van der Waals surface area contributed by atoms with Gasteiger partial charge in [-0.15, -0.1) is 0 Å². The first-order valence-corrected chi connectivity index (χ1v) is 8.39. The van der Waals surface area contributed by atoms with Crippen molar-refractivity contribution in [2.45, 2.75) is 51.0 Å². The number of hydrogen-bond acceptors (Lipinski definition) is 5. The van der Waals surface area contributed by atoms with Gasteiger partial charge in [-0.1, -0.05) is 31.0 Å². The lowest BCUT2D eigenvalue weighted by Crippen LogP contribution is -2.24. The lowest BCUT2D eigenvalue weighted by molar-refractivity contribution is -0.148. The van der Waals surface area contributed by atoms with Crippen LogP contribution in [-0.4, -0.2) is 27.1 Å². The second kappa shape index (κ2) is 8.14. The van der Waals surface area contributed by atoms with Gasteiger partial charge >= 0.3 is 5.97 Å². The van der Waals surface area contributed by atoms with Gasteiger partial charge in [0, 0.05) is 6.92 Å². The van der Waals surface area contributed by atoms with Crippen LogP contribution < -0.4 is 0 Å². The highest BCUT2D eigenvalue weighted by Crippen LogP contribution is 2.15. The summed E-state index contributed by atoms with van der Waals surface area (Å²) in [5, 5.41) is 0. The normalized spacial score (nSPS) is 12.9. The third-order valence-corrected chi connectivity index (χ3v) is 4.23. The van der Waals surface area contributed by atoms with E-state index in [-0.39, 0.29) is 11.5 Å². The molecule has 0 aliphatic heterocycles. The molecule has 0 heterocycles. The number of rotatable bonds is 8. The summed E-state index contributed by atoms with van der Waals surface area (Å²) in [6, 6.07) is 6.41. The number of esters is 1. The molecule has 0 amide bonds. The van der Waals surface area contributed by atoms with Crippen LogP contribution in [-0.2, 0) is 23.8 Å². The zero-order valence-electron chi connectivity index (χ0n) is 12.7. The molecule has 1 aromatic rings. The number of carbonyl (C=O) groups excluding carboxylic acids is 1. The topological polar surface area (TPSA) is 69.7 Å². The molecular weight excluding hydrogens is 292 g/mol. The number of ether oxygens (including phenoxy) is 1. The predicted molar refractivity (Wildman–Crippen MR) is 79.4 cm³/mol.